The molecule has 3 rings (SSSR count). The van der Waals surface area contributed by atoms with Crippen LogP contribution >= 0.6 is 0 Å². The van der Waals surface area contributed by atoms with Crippen molar-refractivity contribution in [3.63, 3.8) is 0 Å². The van der Waals surface area contributed by atoms with Crippen LogP contribution in [0, 0.1) is 11.8 Å². The van der Waals surface area contributed by atoms with Crippen LogP contribution in [-0.4, -0.2) is 102 Å². The standard InChI is InChI=1S/C19H28O11/c1-3-27-10-4-8(5-20)12-13(10)9(17(25)26-2)7-28-18(12)30-19-16(24)15(23)14(22)11(6-21)29-19/h4,7,10-16,18-24H,3,5-6H2,1-2H3/t10-,11-,12-,13+,14-,15+,16-,18+,19+/m1/s1. The molecule has 1 fully saturated rings. The highest BCUT2D eigenvalue weighted by Gasteiger charge is 2.52. The van der Waals surface area contributed by atoms with Crippen LogP contribution in [-0.2, 0) is 28.5 Å². The fraction of sp³-hybridized carbons (Fsp3) is 0.737. The van der Waals surface area contributed by atoms with Crippen LogP contribution in [0.1, 0.15) is 6.92 Å². The molecule has 3 aliphatic rings. The molecular formula is C19H28O11. The molecule has 170 valence electrons. The van der Waals surface area contributed by atoms with E-state index in [1.165, 1.54) is 13.4 Å². The van der Waals surface area contributed by atoms with Gasteiger partial charge in [0.05, 0.1) is 44.2 Å². The largest absolute Gasteiger partial charge is 0.471 e. The molecule has 0 unspecified atom stereocenters. The number of hydrogen-bond donors (Lipinski definition) is 5. The maximum Gasteiger partial charge on any atom is 0.337 e. The van der Waals surface area contributed by atoms with E-state index in [0.29, 0.717) is 12.2 Å². The van der Waals surface area contributed by atoms with Crippen LogP contribution in [0.25, 0.3) is 0 Å². The van der Waals surface area contributed by atoms with Gasteiger partial charge in [-0.1, -0.05) is 6.08 Å². The van der Waals surface area contributed by atoms with Gasteiger partial charge in [0, 0.05) is 12.5 Å². The van der Waals surface area contributed by atoms with E-state index < -0.39 is 67.5 Å². The molecule has 0 saturated carbocycles. The van der Waals surface area contributed by atoms with E-state index in [-0.39, 0.29) is 12.2 Å². The normalized spacial score (nSPS) is 40.8. The first-order chi connectivity index (χ1) is 14.4. The molecule has 0 aromatic carbocycles. The van der Waals surface area contributed by atoms with Crippen molar-refractivity contribution in [2.45, 2.75) is 50.0 Å². The quantitative estimate of drug-likeness (QED) is 0.219. The lowest BCUT2D eigenvalue weighted by Gasteiger charge is -2.43. The summed E-state index contributed by atoms with van der Waals surface area (Å²) in [4.78, 5) is 12.3. The Morgan fingerprint density at radius 1 is 1.10 bits per heavy atom. The number of esters is 1. The van der Waals surface area contributed by atoms with E-state index in [1.54, 1.807) is 13.0 Å². The van der Waals surface area contributed by atoms with Crippen molar-refractivity contribution < 1.29 is 54.0 Å². The van der Waals surface area contributed by atoms with Gasteiger partial charge >= 0.3 is 5.97 Å². The third kappa shape index (κ3) is 4.12. The van der Waals surface area contributed by atoms with Crippen molar-refractivity contribution in [3.05, 3.63) is 23.5 Å². The van der Waals surface area contributed by atoms with Gasteiger partial charge in [-0.3, -0.25) is 0 Å². The van der Waals surface area contributed by atoms with Crippen molar-refractivity contribution >= 4 is 5.97 Å². The van der Waals surface area contributed by atoms with E-state index in [0.717, 1.165) is 0 Å². The average molecular weight is 432 g/mol. The Balaban J connectivity index is 1.87. The van der Waals surface area contributed by atoms with Crippen molar-refractivity contribution in [3.8, 4) is 0 Å². The number of rotatable bonds is 7. The SMILES string of the molecule is CCO[C@@H]1C=C(CO)[C@H]2[C@H](O[C@@H]3O[C@H](CO)[C@@H](O)[C@H](O)[C@H]3O)OC=C(C(=O)OC)[C@H]21. The highest BCUT2D eigenvalue weighted by molar-refractivity contribution is 5.89. The highest BCUT2D eigenvalue weighted by Crippen LogP contribution is 2.45. The van der Waals surface area contributed by atoms with Gasteiger partial charge in [0.1, 0.15) is 24.4 Å². The molecule has 30 heavy (non-hydrogen) atoms. The maximum atomic E-state index is 12.3. The zero-order chi connectivity index (χ0) is 22.0. The minimum Gasteiger partial charge on any atom is -0.471 e. The summed E-state index contributed by atoms with van der Waals surface area (Å²) >= 11 is 0. The summed E-state index contributed by atoms with van der Waals surface area (Å²) < 4.78 is 27.3. The second-order valence-electron chi connectivity index (χ2n) is 7.27. The molecule has 0 bridgehead atoms. The van der Waals surface area contributed by atoms with Crippen LogP contribution in [0.3, 0.4) is 0 Å². The predicted molar refractivity (Wildman–Crippen MR) is 97.4 cm³/mol. The molecule has 2 heterocycles. The number of carbonyl (C=O) groups is 1. The molecule has 11 heteroatoms. The lowest BCUT2D eigenvalue weighted by atomic mass is 9.82. The Bertz CT molecular complexity index is 675. The van der Waals surface area contributed by atoms with Crippen molar-refractivity contribution in [2.75, 3.05) is 26.9 Å². The Hall–Kier alpha value is -1.57. The van der Waals surface area contributed by atoms with Gasteiger partial charge in [-0.15, -0.1) is 0 Å². The fourth-order valence-corrected chi connectivity index (χ4v) is 4.11. The van der Waals surface area contributed by atoms with Crippen LogP contribution < -0.4 is 0 Å². The molecule has 0 aromatic heterocycles. The molecule has 9 atom stereocenters. The van der Waals surface area contributed by atoms with Gasteiger partial charge < -0.3 is 49.2 Å². The van der Waals surface area contributed by atoms with Crippen LogP contribution in [0.15, 0.2) is 23.5 Å². The van der Waals surface area contributed by atoms with Crippen molar-refractivity contribution in [1.29, 1.82) is 0 Å². The summed E-state index contributed by atoms with van der Waals surface area (Å²) in [5, 5.41) is 49.4. The Morgan fingerprint density at radius 3 is 2.43 bits per heavy atom. The van der Waals surface area contributed by atoms with E-state index >= 15 is 0 Å². The minimum absolute atomic E-state index is 0.203. The maximum absolute atomic E-state index is 12.3. The topological polar surface area (TPSA) is 164 Å². The van der Waals surface area contributed by atoms with E-state index in [9.17, 15) is 30.3 Å². The zero-order valence-electron chi connectivity index (χ0n) is 16.7. The first-order valence-electron chi connectivity index (χ1n) is 9.70. The number of fused-ring (bicyclic) bond motifs is 1. The summed E-state index contributed by atoms with van der Waals surface area (Å²) in [5.74, 6) is -1.87. The van der Waals surface area contributed by atoms with Crippen LogP contribution in [0.4, 0.5) is 0 Å². The Morgan fingerprint density at radius 2 is 1.83 bits per heavy atom. The summed E-state index contributed by atoms with van der Waals surface area (Å²) in [5.41, 5.74) is 0.705. The van der Waals surface area contributed by atoms with Gasteiger partial charge in [0.25, 0.3) is 0 Å². The number of hydrogen-bond acceptors (Lipinski definition) is 11. The van der Waals surface area contributed by atoms with Gasteiger partial charge in [0.2, 0.25) is 6.29 Å². The molecule has 0 spiro atoms. The molecule has 11 nitrogen and oxygen atoms in total. The van der Waals surface area contributed by atoms with Gasteiger partial charge in [0.15, 0.2) is 6.29 Å². The first-order valence-corrected chi connectivity index (χ1v) is 9.70. The molecule has 5 N–H and O–H groups in total. The molecular weight excluding hydrogens is 404 g/mol. The molecule has 0 amide bonds. The smallest absolute Gasteiger partial charge is 0.337 e. The first kappa shape index (κ1) is 23.1. The molecule has 2 aliphatic heterocycles. The molecule has 0 radical (unpaired) electrons. The van der Waals surface area contributed by atoms with Crippen LogP contribution in [0.2, 0.25) is 0 Å². The summed E-state index contributed by atoms with van der Waals surface area (Å²) in [6.45, 7) is 1.19. The average Bonchev–Trinajstić information content (AvgIpc) is 3.13. The monoisotopic (exact) mass is 432 g/mol. The predicted octanol–water partition coefficient (Wildman–Crippen LogP) is -2.21. The number of aliphatic hydroxyl groups excluding tert-OH is 5. The number of ether oxygens (including phenoxy) is 5. The van der Waals surface area contributed by atoms with E-state index in [4.69, 9.17) is 23.7 Å². The Labute approximate surface area is 173 Å². The highest BCUT2D eigenvalue weighted by atomic mass is 16.8. The van der Waals surface area contributed by atoms with Crippen molar-refractivity contribution in [2.24, 2.45) is 11.8 Å². The van der Waals surface area contributed by atoms with Gasteiger partial charge in [-0.2, -0.15) is 0 Å². The third-order valence-corrected chi connectivity index (χ3v) is 5.61. The zero-order valence-corrected chi connectivity index (χ0v) is 16.7. The van der Waals surface area contributed by atoms with E-state index in [1.807, 2.05) is 0 Å². The van der Waals surface area contributed by atoms with Crippen LogP contribution in [0.5, 0.6) is 0 Å². The fourth-order valence-electron chi connectivity index (χ4n) is 4.11. The minimum atomic E-state index is -1.62. The van der Waals surface area contributed by atoms with Gasteiger partial charge in [-0.25, -0.2) is 4.79 Å². The third-order valence-electron chi connectivity index (χ3n) is 5.61. The van der Waals surface area contributed by atoms with Crippen molar-refractivity contribution in [1.82, 2.24) is 0 Å². The summed E-state index contributed by atoms with van der Waals surface area (Å²) in [7, 11) is 1.24. The number of methoxy groups -OCH3 is 1. The lowest BCUT2D eigenvalue weighted by molar-refractivity contribution is -0.340. The summed E-state index contributed by atoms with van der Waals surface area (Å²) in [6.07, 6.45) is -6.15. The number of aliphatic hydroxyl groups is 5. The molecule has 1 aliphatic carbocycles. The lowest BCUT2D eigenvalue weighted by Crippen LogP contribution is -2.60. The van der Waals surface area contributed by atoms with Gasteiger partial charge in [-0.05, 0) is 12.5 Å². The molecule has 0 aromatic rings. The molecule has 1 saturated heterocycles. The second-order valence-corrected chi connectivity index (χ2v) is 7.27. The van der Waals surface area contributed by atoms with E-state index in [2.05, 4.69) is 0 Å². The second kappa shape index (κ2) is 9.71. The Kier molecular flexibility index (Phi) is 7.47. The number of carbonyl (C=O) groups excluding carboxylic acids is 1. The summed E-state index contributed by atoms with van der Waals surface area (Å²) in [6, 6.07) is 0.